The molecule has 88 valence electrons. The minimum atomic E-state index is -0.787. The van der Waals surface area contributed by atoms with Crippen LogP contribution in [0.15, 0.2) is 0 Å². The average Bonchev–Trinajstić information content (AvgIpc) is 2.95. The molecule has 2 N–H and O–H groups in total. The van der Waals surface area contributed by atoms with E-state index < -0.39 is 10.8 Å². The molecule has 0 aliphatic heterocycles. The lowest BCUT2D eigenvalue weighted by atomic mass is 10.3. The molecule has 1 amide bonds. The molecule has 0 aromatic rings. The van der Waals surface area contributed by atoms with Gasteiger partial charge in [-0.2, -0.15) is 0 Å². The fourth-order valence-corrected chi connectivity index (χ4v) is 1.50. The van der Waals surface area contributed by atoms with Crippen LogP contribution in [0.25, 0.3) is 0 Å². The highest BCUT2D eigenvalue weighted by Gasteiger charge is 2.22. The van der Waals surface area contributed by atoms with E-state index in [-0.39, 0.29) is 11.2 Å². The van der Waals surface area contributed by atoms with E-state index in [1.54, 1.807) is 6.26 Å². The first-order valence-corrected chi connectivity index (χ1v) is 7.04. The highest BCUT2D eigenvalue weighted by Crippen LogP contribution is 2.18. The third-order valence-corrected chi connectivity index (χ3v) is 3.77. The van der Waals surface area contributed by atoms with Crippen LogP contribution >= 0.6 is 0 Å². The number of hydrogen-bond acceptors (Lipinski definition) is 3. The maximum Gasteiger partial charge on any atom is 0.221 e. The van der Waals surface area contributed by atoms with Crippen LogP contribution in [0.1, 0.15) is 26.2 Å². The van der Waals surface area contributed by atoms with Gasteiger partial charge in [0.05, 0.1) is 0 Å². The number of carbonyl (C=O) groups is 1. The zero-order valence-corrected chi connectivity index (χ0v) is 10.2. The second-order valence-electron chi connectivity index (χ2n) is 4.11. The van der Waals surface area contributed by atoms with Crippen LogP contribution < -0.4 is 10.6 Å². The Labute approximate surface area is 93.7 Å². The van der Waals surface area contributed by atoms with Crippen molar-refractivity contribution in [2.45, 2.75) is 37.5 Å². The summed E-state index contributed by atoms with van der Waals surface area (Å²) < 4.78 is 11.0. The van der Waals surface area contributed by atoms with Crippen molar-refractivity contribution in [1.82, 2.24) is 10.6 Å². The van der Waals surface area contributed by atoms with E-state index in [2.05, 4.69) is 10.6 Å². The number of carbonyl (C=O) groups excluding carboxylic acids is 1. The standard InChI is InChI=1S/C10H20N2O2S/c1-8(15(2)14)7-11-6-5-10(13)12-9-3-4-9/h8-9,11H,3-7H2,1-2H3,(H,12,13). The molecular formula is C10H20N2O2S. The Hall–Kier alpha value is -0.420. The monoisotopic (exact) mass is 232 g/mol. The molecule has 2 unspecified atom stereocenters. The Balaban J connectivity index is 1.95. The molecular weight excluding hydrogens is 212 g/mol. The minimum Gasteiger partial charge on any atom is -0.353 e. The normalized spacial score (nSPS) is 19.6. The minimum absolute atomic E-state index is 0.121. The van der Waals surface area contributed by atoms with Crippen LogP contribution in [0, 0.1) is 0 Å². The summed E-state index contributed by atoms with van der Waals surface area (Å²) in [5, 5.41) is 6.21. The van der Waals surface area contributed by atoms with Crippen LogP contribution in [-0.2, 0) is 15.6 Å². The van der Waals surface area contributed by atoms with Crippen molar-refractivity contribution < 1.29 is 9.00 Å². The third kappa shape index (κ3) is 5.89. The summed E-state index contributed by atoms with van der Waals surface area (Å²) in [7, 11) is -0.787. The zero-order valence-electron chi connectivity index (χ0n) is 9.41. The molecule has 0 heterocycles. The van der Waals surface area contributed by atoms with Crippen molar-refractivity contribution in [1.29, 1.82) is 0 Å². The summed E-state index contributed by atoms with van der Waals surface area (Å²) in [6, 6.07) is 0.444. The molecule has 0 saturated heterocycles. The van der Waals surface area contributed by atoms with Crippen LogP contribution in [0.2, 0.25) is 0 Å². The highest BCUT2D eigenvalue weighted by molar-refractivity contribution is 7.84. The second kappa shape index (κ2) is 6.23. The maximum atomic E-state index is 11.3. The summed E-state index contributed by atoms with van der Waals surface area (Å²) in [6.45, 7) is 3.31. The summed E-state index contributed by atoms with van der Waals surface area (Å²) in [4.78, 5) is 11.3. The number of rotatable bonds is 7. The lowest BCUT2D eigenvalue weighted by Gasteiger charge is -2.09. The summed E-state index contributed by atoms with van der Waals surface area (Å²) in [5.74, 6) is 0.121. The first-order chi connectivity index (χ1) is 7.09. The van der Waals surface area contributed by atoms with Gasteiger partial charge < -0.3 is 10.6 Å². The van der Waals surface area contributed by atoms with Crippen molar-refractivity contribution >= 4 is 16.7 Å². The average molecular weight is 232 g/mol. The van der Waals surface area contributed by atoms with Gasteiger partial charge in [-0.15, -0.1) is 0 Å². The Kier molecular flexibility index (Phi) is 5.25. The molecule has 0 bridgehead atoms. The van der Waals surface area contributed by atoms with Gasteiger partial charge in [-0.3, -0.25) is 9.00 Å². The Morgan fingerprint density at radius 2 is 2.20 bits per heavy atom. The Bertz CT molecular complexity index is 242. The second-order valence-corrected chi connectivity index (χ2v) is 5.91. The Morgan fingerprint density at radius 3 is 2.73 bits per heavy atom. The highest BCUT2D eigenvalue weighted by atomic mass is 32.2. The molecule has 0 aromatic carbocycles. The van der Waals surface area contributed by atoms with Gasteiger partial charge in [0.2, 0.25) is 5.91 Å². The van der Waals surface area contributed by atoms with Crippen molar-refractivity contribution in [3.05, 3.63) is 0 Å². The predicted molar refractivity (Wildman–Crippen MR) is 62.2 cm³/mol. The van der Waals surface area contributed by atoms with Gasteiger partial charge in [0.1, 0.15) is 0 Å². The van der Waals surface area contributed by atoms with E-state index in [9.17, 15) is 9.00 Å². The van der Waals surface area contributed by atoms with E-state index in [1.165, 1.54) is 0 Å². The van der Waals surface area contributed by atoms with Crippen molar-refractivity contribution in [2.24, 2.45) is 0 Å². The number of hydrogen-bond donors (Lipinski definition) is 2. The third-order valence-electron chi connectivity index (χ3n) is 2.47. The van der Waals surface area contributed by atoms with Crippen LogP contribution in [-0.4, -0.2) is 40.8 Å². The lowest BCUT2D eigenvalue weighted by Crippen LogP contribution is -2.32. The van der Waals surface area contributed by atoms with E-state index in [4.69, 9.17) is 0 Å². The van der Waals surface area contributed by atoms with Crippen molar-refractivity contribution in [3.8, 4) is 0 Å². The quantitative estimate of drug-likeness (QED) is 0.608. The fraction of sp³-hybridized carbons (Fsp3) is 0.900. The first-order valence-electron chi connectivity index (χ1n) is 5.42. The molecule has 0 spiro atoms. The van der Waals surface area contributed by atoms with E-state index >= 15 is 0 Å². The molecule has 15 heavy (non-hydrogen) atoms. The van der Waals surface area contributed by atoms with E-state index in [1.807, 2.05) is 6.92 Å². The molecule has 4 nitrogen and oxygen atoms in total. The largest absolute Gasteiger partial charge is 0.353 e. The molecule has 1 aliphatic carbocycles. The lowest BCUT2D eigenvalue weighted by molar-refractivity contribution is -0.121. The number of nitrogens with one attached hydrogen (secondary N) is 2. The summed E-state index contributed by atoms with van der Waals surface area (Å²) in [5.41, 5.74) is 0. The van der Waals surface area contributed by atoms with Gasteiger partial charge >= 0.3 is 0 Å². The molecule has 1 fully saturated rings. The van der Waals surface area contributed by atoms with Gasteiger partial charge in [0, 0.05) is 47.9 Å². The van der Waals surface area contributed by atoms with Gasteiger partial charge in [0.15, 0.2) is 0 Å². The topological polar surface area (TPSA) is 58.2 Å². The van der Waals surface area contributed by atoms with Gasteiger partial charge in [-0.25, -0.2) is 0 Å². The van der Waals surface area contributed by atoms with Crippen molar-refractivity contribution in [3.63, 3.8) is 0 Å². The predicted octanol–water partition coefficient (Wildman–Crippen LogP) is 0.0117. The van der Waals surface area contributed by atoms with Gasteiger partial charge in [-0.1, -0.05) is 0 Å². The zero-order chi connectivity index (χ0) is 11.3. The Morgan fingerprint density at radius 1 is 1.53 bits per heavy atom. The SMILES string of the molecule is CC(CNCCC(=O)NC1CC1)S(C)=O. The fourth-order valence-electron chi connectivity index (χ4n) is 1.15. The molecule has 1 saturated carbocycles. The van der Waals surface area contributed by atoms with Gasteiger partial charge in [-0.05, 0) is 19.8 Å². The molecule has 1 aliphatic rings. The van der Waals surface area contributed by atoms with Crippen molar-refractivity contribution in [2.75, 3.05) is 19.3 Å². The van der Waals surface area contributed by atoms with E-state index in [0.717, 1.165) is 12.8 Å². The van der Waals surface area contributed by atoms with Gasteiger partial charge in [0.25, 0.3) is 0 Å². The molecule has 2 atom stereocenters. The number of amides is 1. The first kappa shape index (κ1) is 12.6. The van der Waals surface area contributed by atoms with E-state index in [0.29, 0.717) is 25.6 Å². The smallest absolute Gasteiger partial charge is 0.221 e. The molecule has 0 radical (unpaired) electrons. The molecule has 5 heteroatoms. The summed E-state index contributed by atoms with van der Waals surface area (Å²) >= 11 is 0. The molecule has 0 aromatic heterocycles. The maximum absolute atomic E-state index is 11.3. The van der Waals surface area contributed by atoms with Crippen LogP contribution in [0.3, 0.4) is 0 Å². The van der Waals surface area contributed by atoms with Crippen LogP contribution in [0.4, 0.5) is 0 Å². The molecule has 1 rings (SSSR count). The summed E-state index contributed by atoms with van der Waals surface area (Å²) in [6.07, 6.45) is 4.47. The van der Waals surface area contributed by atoms with Crippen LogP contribution in [0.5, 0.6) is 0 Å².